The van der Waals surface area contributed by atoms with Gasteiger partial charge in [0.25, 0.3) is 11.8 Å². The summed E-state index contributed by atoms with van der Waals surface area (Å²) < 4.78 is 79.2. The Hall–Kier alpha value is -3.48. The van der Waals surface area contributed by atoms with Gasteiger partial charge < -0.3 is 21.3 Å². The van der Waals surface area contributed by atoms with Crippen LogP contribution in [0, 0.1) is 17.3 Å². The molecule has 4 rings (SSSR count). The van der Waals surface area contributed by atoms with Crippen molar-refractivity contribution in [1.82, 2.24) is 10.6 Å². The van der Waals surface area contributed by atoms with E-state index in [2.05, 4.69) is 21.3 Å². The summed E-state index contributed by atoms with van der Waals surface area (Å²) in [4.78, 5) is 39.2. The van der Waals surface area contributed by atoms with Crippen LogP contribution in [-0.2, 0) is 11.3 Å². The summed E-state index contributed by atoms with van der Waals surface area (Å²) in [5.41, 5.74) is 0.785. The second-order valence-electron chi connectivity index (χ2n) is 13.8. The summed E-state index contributed by atoms with van der Waals surface area (Å²) in [6, 6.07) is 8.41. The van der Waals surface area contributed by atoms with Gasteiger partial charge in [-0.1, -0.05) is 38.4 Å². The van der Waals surface area contributed by atoms with Crippen LogP contribution in [0.4, 0.5) is 37.7 Å². The maximum Gasteiger partial charge on any atom is 0.391 e. The van der Waals surface area contributed by atoms with Crippen molar-refractivity contribution >= 4 is 40.7 Å². The molecule has 4 N–H and O–H groups in total. The Morgan fingerprint density at radius 1 is 0.729 bits per heavy atom. The van der Waals surface area contributed by atoms with Crippen molar-refractivity contribution < 1.29 is 40.7 Å². The van der Waals surface area contributed by atoms with Crippen LogP contribution in [0.5, 0.6) is 0 Å². The van der Waals surface area contributed by atoms with E-state index in [1.165, 1.54) is 18.2 Å². The normalized spacial score (nSPS) is 22.0. The van der Waals surface area contributed by atoms with E-state index in [0.29, 0.717) is 11.3 Å². The number of carbonyl (C=O) groups excluding carboxylic acids is 3. The summed E-state index contributed by atoms with van der Waals surface area (Å²) in [5, 5.41) is 11.7. The van der Waals surface area contributed by atoms with Crippen LogP contribution < -0.4 is 21.3 Å². The Morgan fingerprint density at radius 2 is 1.29 bits per heavy atom. The molecule has 2 fully saturated rings. The second kappa shape index (κ2) is 15.0. The molecule has 2 aliphatic rings. The third-order valence-electron chi connectivity index (χ3n) is 9.01. The topological polar surface area (TPSA) is 99.3 Å². The minimum atomic E-state index is -4.30. The highest BCUT2D eigenvalue weighted by molar-refractivity contribution is 6.34. The Labute approximate surface area is 280 Å². The van der Waals surface area contributed by atoms with Gasteiger partial charge in [0.2, 0.25) is 5.91 Å². The molecule has 0 aromatic heterocycles. The molecule has 2 aromatic carbocycles. The molecular weight excluding hydrogens is 662 g/mol. The van der Waals surface area contributed by atoms with Gasteiger partial charge in [-0.3, -0.25) is 14.4 Å². The average molecular weight is 703 g/mol. The zero-order valence-corrected chi connectivity index (χ0v) is 27.8. The number of amides is 3. The van der Waals surface area contributed by atoms with Gasteiger partial charge in [-0.25, -0.2) is 0 Å². The van der Waals surface area contributed by atoms with E-state index in [1.54, 1.807) is 39.0 Å². The molecular formula is C34H41ClF6N4O3. The van der Waals surface area contributed by atoms with Gasteiger partial charge in [0.05, 0.1) is 28.0 Å². The summed E-state index contributed by atoms with van der Waals surface area (Å²) in [6.45, 7) is 5.48. The van der Waals surface area contributed by atoms with Crippen molar-refractivity contribution in [3.05, 3.63) is 58.1 Å². The first kappa shape index (κ1) is 37.3. The Kier molecular flexibility index (Phi) is 11.6. The first-order chi connectivity index (χ1) is 22.3. The number of carbonyl (C=O) groups is 3. The number of nitrogens with one attached hydrogen (secondary N) is 4. The predicted molar refractivity (Wildman–Crippen MR) is 172 cm³/mol. The van der Waals surface area contributed by atoms with Crippen molar-refractivity contribution in [3.8, 4) is 0 Å². The Morgan fingerprint density at radius 3 is 1.83 bits per heavy atom. The molecule has 14 heteroatoms. The molecule has 48 heavy (non-hydrogen) atoms. The lowest BCUT2D eigenvalue weighted by Gasteiger charge is -2.32. The van der Waals surface area contributed by atoms with Gasteiger partial charge >= 0.3 is 12.4 Å². The minimum absolute atomic E-state index is 0.0566. The van der Waals surface area contributed by atoms with Gasteiger partial charge in [-0.05, 0) is 87.3 Å². The predicted octanol–water partition coefficient (Wildman–Crippen LogP) is 8.64. The largest absolute Gasteiger partial charge is 0.391 e. The molecule has 7 nitrogen and oxygen atoms in total. The quantitative estimate of drug-likeness (QED) is 0.207. The van der Waals surface area contributed by atoms with Crippen LogP contribution >= 0.6 is 11.6 Å². The number of benzene rings is 2. The monoisotopic (exact) mass is 702 g/mol. The van der Waals surface area contributed by atoms with E-state index in [9.17, 15) is 40.7 Å². The lowest BCUT2D eigenvalue weighted by Crippen LogP contribution is -2.40. The SMILES string of the molecule is CC(C)(C)C(=O)NCc1ccc(Cl)c(C(=O)Nc2ccc(N[C@H]3CC[C@H](C(F)(F)F)CC3)c(C(=O)N[C@H]3CC[C@H](C(F)(F)F)CC3)c2)c1. The molecule has 0 unspecified atom stereocenters. The van der Waals surface area contributed by atoms with E-state index < -0.39 is 47.5 Å². The highest BCUT2D eigenvalue weighted by Gasteiger charge is 2.42. The summed E-state index contributed by atoms with van der Waals surface area (Å²) in [7, 11) is 0. The number of hydrogen-bond donors (Lipinski definition) is 4. The minimum Gasteiger partial charge on any atom is -0.382 e. The molecule has 0 spiro atoms. The highest BCUT2D eigenvalue weighted by atomic mass is 35.5. The second-order valence-corrected chi connectivity index (χ2v) is 14.2. The van der Waals surface area contributed by atoms with Crippen LogP contribution in [0.3, 0.4) is 0 Å². The van der Waals surface area contributed by atoms with Gasteiger partial charge in [0.1, 0.15) is 0 Å². The van der Waals surface area contributed by atoms with E-state index in [-0.39, 0.29) is 91.7 Å². The molecule has 0 bridgehead atoms. The summed E-state index contributed by atoms with van der Waals surface area (Å²) >= 11 is 6.33. The van der Waals surface area contributed by atoms with E-state index in [4.69, 9.17) is 11.6 Å². The molecule has 3 amide bonds. The molecule has 2 aromatic rings. The van der Waals surface area contributed by atoms with Crippen LogP contribution in [-0.4, -0.2) is 42.2 Å². The van der Waals surface area contributed by atoms with Gasteiger partial charge in [0.15, 0.2) is 0 Å². The summed E-state index contributed by atoms with van der Waals surface area (Å²) in [5.74, 6) is -4.16. The zero-order chi connectivity index (χ0) is 35.4. The maximum atomic E-state index is 13.6. The molecule has 0 atom stereocenters. The molecule has 0 saturated heterocycles. The van der Waals surface area contributed by atoms with Crippen molar-refractivity contribution in [2.24, 2.45) is 17.3 Å². The third-order valence-corrected chi connectivity index (χ3v) is 9.34. The molecule has 264 valence electrons. The molecule has 2 saturated carbocycles. The fraction of sp³-hybridized carbons (Fsp3) is 0.559. The van der Waals surface area contributed by atoms with Crippen LogP contribution in [0.25, 0.3) is 0 Å². The molecule has 0 aliphatic heterocycles. The van der Waals surface area contributed by atoms with Crippen molar-refractivity contribution in [2.45, 2.75) is 103 Å². The maximum absolute atomic E-state index is 13.6. The first-order valence-corrected chi connectivity index (χ1v) is 16.4. The average Bonchev–Trinajstić information content (AvgIpc) is 3.00. The van der Waals surface area contributed by atoms with Gasteiger partial charge in [-0.2, -0.15) is 26.3 Å². The fourth-order valence-corrected chi connectivity index (χ4v) is 6.25. The van der Waals surface area contributed by atoms with Crippen molar-refractivity contribution in [3.63, 3.8) is 0 Å². The van der Waals surface area contributed by atoms with Gasteiger partial charge in [0, 0.05) is 35.4 Å². The fourth-order valence-electron chi connectivity index (χ4n) is 6.05. The Bertz CT molecular complexity index is 1470. The number of rotatable bonds is 8. The van der Waals surface area contributed by atoms with Crippen LogP contribution in [0.2, 0.25) is 5.02 Å². The number of alkyl halides is 6. The van der Waals surface area contributed by atoms with E-state index in [1.807, 2.05) is 0 Å². The van der Waals surface area contributed by atoms with Crippen LogP contribution in [0.1, 0.15) is 98.4 Å². The van der Waals surface area contributed by atoms with E-state index >= 15 is 0 Å². The van der Waals surface area contributed by atoms with Gasteiger partial charge in [-0.15, -0.1) is 0 Å². The number of hydrogen-bond acceptors (Lipinski definition) is 4. The molecule has 0 heterocycles. The third kappa shape index (κ3) is 10.0. The number of anilines is 2. The molecule has 0 radical (unpaired) electrons. The van der Waals surface area contributed by atoms with Crippen molar-refractivity contribution in [2.75, 3.05) is 10.6 Å². The van der Waals surface area contributed by atoms with E-state index in [0.717, 1.165) is 0 Å². The zero-order valence-electron chi connectivity index (χ0n) is 27.0. The first-order valence-electron chi connectivity index (χ1n) is 16.0. The highest BCUT2D eigenvalue weighted by Crippen LogP contribution is 2.39. The smallest absolute Gasteiger partial charge is 0.382 e. The van der Waals surface area contributed by atoms with Crippen LogP contribution in [0.15, 0.2) is 36.4 Å². The number of halogens is 7. The molecule has 2 aliphatic carbocycles. The lowest BCUT2D eigenvalue weighted by molar-refractivity contribution is -0.183. The summed E-state index contributed by atoms with van der Waals surface area (Å²) in [6.07, 6.45) is -8.17. The Balaban J connectivity index is 1.51. The standard InChI is InChI=1S/C34H41ClF6N4O3/c1-32(2,3)31(48)42-18-19-4-14-27(35)25(16-19)29(46)45-24-13-15-28(43-22-9-5-20(6-10-22)33(36,37)38)26(17-24)30(47)44-23-11-7-21(8-12-23)34(39,40)41/h4,13-17,20-23,43H,5-12,18H2,1-3H3,(H,42,48)(H,44,47)(H,45,46)/t20-,21-,22-,23-. The van der Waals surface area contributed by atoms with Crippen molar-refractivity contribution in [1.29, 1.82) is 0 Å². The lowest BCUT2D eigenvalue weighted by atomic mass is 9.85.